The largest absolute Gasteiger partial charge is 0.302 e. The monoisotopic (exact) mass is 328 g/mol. The van der Waals surface area contributed by atoms with Gasteiger partial charge in [-0.25, -0.2) is 8.42 Å². The highest BCUT2D eigenvalue weighted by molar-refractivity contribution is 7.91. The van der Waals surface area contributed by atoms with Gasteiger partial charge in [-0.15, -0.1) is 11.3 Å². The molecule has 3 rings (SSSR count). The summed E-state index contributed by atoms with van der Waals surface area (Å²) < 4.78 is 28.0. The molecular formula is C15H24N2O2S2. The minimum Gasteiger partial charge on any atom is -0.302 e. The van der Waals surface area contributed by atoms with Crippen molar-refractivity contribution in [3.8, 4) is 0 Å². The maximum absolute atomic E-state index is 12.9. The van der Waals surface area contributed by atoms with Gasteiger partial charge >= 0.3 is 0 Å². The highest BCUT2D eigenvalue weighted by Crippen LogP contribution is 2.31. The van der Waals surface area contributed by atoms with E-state index in [0.717, 1.165) is 43.8 Å². The first-order valence-electron chi connectivity index (χ1n) is 7.94. The van der Waals surface area contributed by atoms with Crippen molar-refractivity contribution in [1.29, 1.82) is 0 Å². The summed E-state index contributed by atoms with van der Waals surface area (Å²) in [6.45, 7) is 5.91. The van der Waals surface area contributed by atoms with Crippen LogP contribution in [0.2, 0.25) is 0 Å². The third-order valence-corrected chi connectivity index (χ3v) is 8.19. The Labute approximate surface area is 131 Å². The number of nitrogens with zero attached hydrogens (tertiary/aromatic N) is 2. The molecule has 2 saturated heterocycles. The van der Waals surface area contributed by atoms with Gasteiger partial charge in [-0.2, -0.15) is 4.31 Å². The minimum atomic E-state index is -3.29. The van der Waals surface area contributed by atoms with Gasteiger partial charge < -0.3 is 4.90 Å². The molecule has 0 unspecified atom stereocenters. The van der Waals surface area contributed by atoms with Gasteiger partial charge in [0.15, 0.2) is 0 Å². The molecule has 2 aliphatic rings. The number of likely N-dealkylation sites (tertiary alicyclic amines) is 1. The Balaban J connectivity index is 1.76. The Kier molecular flexibility index (Phi) is 4.69. The molecule has 0 amide bonds. The zero-order chi connectivity index (χ0) is 14.9. The molecule has 0 bridgehead atoms. The zero-order valence-corrected chi connectivity index (χ0v) is 14.3. The van der Waals surface area contributed by atoms with Gasteiger partial charge in [-0.3, -0.25) is 0 Å². The molecule has 1 aromatic heterocycles. The van der Waals surface area contributed by atoms with Crippen molar-refractivity contribution in [3.63, 3.8) is 0 Å². The number of thiophene rings is 1. The molecule has 21 heavy (non-hydrogen) atoms. The quantitative estimate of drug-likeness (QED) is 0.834. The molecule has 0 aromatic carbocycles. The smallest absolute Gasteiger partial charge is 0.252 e. The standard InChI is InChI=1S/C15H24N2O2S2/c1-2-14-7-8-15(20-14)21(18,19)17-11-5-6-13(17)12-16-9-3-4-10-16/h7-8,13H,2-6,9-12H2,1H3/t13-/m1/s1. The average molecular weight is 329 g/mol. The van der Waals surface area contributed by atoms with Crippen molar-refractivity contribution >= 4 is 21.4 Å². The Bertz CT molecular complexity index is 576. The number of rotatable bonds is 5. The lowest BCUT2D eigenvalue weighted by atomic mass is 10.2. The fourth-order valence-electron chi connectivity index (χ4n) is 3.37. The topological polar surface area (TPSA) is 40.6 Å². The van der Waals surface area contributed by atoms with E-state index in [4.69, 9.17) is 0 Å². The Morgan fingerprint density at radius 3 is 2.62 bits per heavy atom. The van der Waals surface area contributed by atoms with Crippen LogP contribution in [0.15, 0.2) is 16.3 Å². The average Bonchev–Trinajstić information content (AvgIpc) is 3.20. The van der Waals surface area contributed by atoms with Crippen molar-refractivity contribution in [1.82, 2.24) is 9.21 Å². The summed E-state index contributed by atoms with van der Waals surface area (Å²) in [4.78, 5) is 3.56. The lowest BCUT2D eigenvalue weighted by Gasteiger charge is -2.27. The highest BCUT2D eigenvalue weighted by atomic mass is 32.2. The third-order valence-electron chi connectivity index (χ3n) is 4.54. The van der Waals surface area contributed by atoms with E-state index >= 15 is 0 Å². The molecule has 0 aliphatic carbocycles. The first-order chi connectivity index (χ1) is 10.1. The maximum Gasteiger partial charge on any atom is 0.252 e. The van der Waals surface area contributed by atoms with Crippen molar-refractivity contribution in [3.05, 3.63) is 17.0 Å². The van der Waals surface area contributed by atoms with Crippen LogP contribution < -0.4 is 0 Å². The maximum atomic E-state index is 12.9. The Hall–Kier alpha value is -0.430. The minimum absolute atomic E-state index is 0.167. The molecule has 2 aliphatic heterocycles. The van der Waals surface area contributed by atoms with Crippen LogP contribution in [0.5, 0.6) is 0 Å². The molecular weight excluding hydrogens is 304 g/mol. The number of hydrogen-bond acceptors (Lipinski definition) is 4. The van der Waals surface area contributed by atoms with Crippen LogP contribution in [0.3, 0.4) is 0 Å². The summed E-state index contributed by atoms with van der Waals surface area (Å²) in [5.74, 6) is 0. The fourth-order valence-corrected chi connectivity index (χ4v) is 6.48. The molecule has 0 spiro atoms. The second-order valence-electron chi connectivity index (χ2n) is 5.99. The van der Waals surface area contributed by atoms with Crippen molar-refractivity contribution in [2.24, 2.45) is 0 Å². The van der Waals surface area contributed by atoms with Crippen molar-refractivity contribution in [2.75, 3.05) is 26.2 Å². The molecule has 4 nitrogen and oxygen atoms in total. The predicted molar refractivity (Wildman–Crippen MR) is 86.3 cm³/mol. The van der Waals surface area contributed by atoms with Gasteiger partial charge in [0.1, 0.15) is 4.21 Å². The van der Waals surface area contributed by atoms with E-state index in [0.29, 0.717) is 10.8 Å². The van der Waals surface area contributed by atoms with Crippen LogP contribution in [0, 0.1) is 0 Å². The number of sulfonamides is 1. The molecule has 118 valence electrons. The Morgan fingerprint density at radius 1 is 1.19 bits per heavy atom. The van der Waals surface area contributed by atoms with Crippen LogP contribution in [0.4, 0.5) is 0 Å². The SMILES string of the molecule is CCc1ccc(S(=O)(=O)N2CCC[C@@H]2CN2CCCC2)s1. The van der Waals surface area contributed by atoms with Gasteiger partial charge in [-0.05, 0) is 57.3 Å². The predicted octanol–water partition coefficient (Wildman–Crippen LogP) is 2.56. The van der Waals surface area contributed by atoms with E-state index in [1.807, 2.05) is 6.07 Å². The summed E-state index contributed by atoms with van der Waals surface area (Å²) in [6.07, 6.45) is 5.40. The zero-order valence-electron chi connectivity index (χ0n) is 12.6. The van der Waals surface area contributed by atoms with E-state index in [9.17, 15) is 8.42 Å². The molecule has 6 heteroatoms. The van der Waals surface area contributed by atoms with Crippen LogP contribution in [-0.2, 0) is 16.4 Å². The normalized spacial score (nSPS) is 24.9. The third kappa shape index (κ3) is 3.18. The fraction of sp³-hybridized carbons (Fsp3) is 0.733. The summed E-state index contributed by atoms with van der Waals surface area (Å²) in [6, 6.07) is 3.90. The van der Waals surface area contributed by atoms with E-state index < -0.39 is 10.0 Å². The van der Waals surface area contributed by atoms with E-state index in [-0.39, 0.29) is 6.04 Å². The summed E-state index contributed by atoms with van der Waals surface area (Å²) in [5, 5.41) is 0. The Morgan fingerprint density at radius 2 is 1.95 bits per heavy atom. The lowest BCUT2D eigenvalue weighted by Crippen LogP contribution is -2.42. The van der Waals surface area contributed by atoms with Crippen LogP contribution in [0.25, 0.3) is 0 Å². The van der Waals surface area contributed by atoms with E-state index in [1.165, 1.54) is 24.2 Å². The van der Waals surface area contributed by atoms with Gasteiger partial charge in [0.25, 0.3) is 10.0 Å². The van der Waals surface area contributed by atoms with E-state index in [2.05, 4.69) is 11.8 Å². The summed E-state index contributed by atoms with van der Waals surface area (Å²) in [5.41, 5.74) is 0. The highest BCUT2D eigenvalue weighted by Gasteiger charge is 2.37. The van der Waals surface area contributed by atoms with Crippen LogP contribution >= 0.6 is 11.3 Å². The molecule has 0 radical (unpaired) electrons. The first kappa shape index (κ1) is 15.5. The van der Waals surface area contributed by atoms with Crippen molar-refractivity contribution < 1.29 is 8.42 Å². The lowest BCUT2D eigenvalue weighted by molar-refractivity contribution is 0.257. The van der Waals surface area contributed by atoms with Crippen LogP contribution in [0.1, 0.15) is 37.5 Å². The molecule has 0 saturated carbocycles. The number of aryl methyl sites for hydroxylation is 1. The van der Waals surface area contributed by atoms with Gasteiger partial charge in [0.2, 0.25) is 0 Å². The molecule has 1 aromatic rings. The molecule has 1 atom stereocenters. The summed E-state index contributed by atoms with van der Waals surface area (Å²) >= 11 is 1.43. The second kappa shape index (κ2) is 6.36. The number of hydrogen-bond donors (Lipinski definition) is 0. The molecule has 2 fully saturated rings. The van der Waals surface area contributed by atoms with E-state index in [1.54, 1.807) is 10.4 Å². The first-order valence-corrected chi connectivity index (χ1v) is 10.2. The molecule has 3 heterocycles. The second-order valence-corrected chi connectivity index (χ2v) is 9.28. The summed E-state index contributed by atoms with van der Waals surface area (Å²) in [7, 11) is -3.29. The van der Waals surface area contributed by atoms with Crippen molar-refractivity contribution in [2.45, 2.75) is 49.3 Å². The van der Waals surface area contributed by atoms with Gasteiger partial charge in [0.05, 0.1) is 0 Å². The van der Waals surface area contributed by atoms with Crippen LogP contribution in [-0.4, -0.2) is 49.8 Å². The van der Waals surface area contributed by atoms with Gasteiger partial charge in [0, 0.05) is 24.0 Å². The molecule has 0 N–H and O–H groups in total. The van der Waals surface area contributed by atoms with Gasteiger partial charge in [-0.1, -0.05) is 6.92 Å².